The van der Waals surface area contributed by atoms with E-state index in [0.717, 1.165) is 11.6 Å². The summed E-state index contributed by atoms with van der Waals surface area (Å²) in [6.07, 6.45) is -3.51. The molecule has 0 amide bonds. The van der Waals surface area contributed by atoms with E-state index in [9.17, 15) is 13.2 Å². The van der Waals surface area contributed by atoms with E-state index in [1.807, 2.05) is 0 Å². The van der Waals surface area contributed by atoms with Crippen molar-refractivity contribution in [2.75, 3.05) is 20.3 Å². The van der Waals surface area contributed by atoms with Gasteiger partial charge >= 0.3 is 6.18 Å². The van der Waals surface area contributed by atoms with Gasteiger partial charge in [-0.1, -0.05) is 23.4 Å². The molecule has 0 spiro atoms. The Kier molecular flexibility index (Phi) is 5.04. The Balaban J connectivity index is 1.75. The highest BCUT2D eigenvalue weighted by molar-refractivity contribution is 5.56. The number of benzene rings is 2. The van der Waals surface area contributed by atoms with Crippen molar-refractivity contribution in [3.05, 3.63) is 65.5 Å². The number of methoxy groups -OCH3 is 1. The van der Waals surface area contributed by atoms with E-state index in [4.69, 9.17) is 14.0 Å². The van der Waals surface area contributed by atoms with E-state index < -0.39 is 17.2 Å². The predicted octanol–water partition coefficient (Wildman–Crippen LogP) is 4.86. The van der Waals surface area contributed by atoms with Crippen molar-refractivity contribution in [1.29, 1.82) is 0 Å². The summed E-state index contributed by atoms with van der Waals surface area (Å²) in [7, 11) is 1.57. The third-order valence-corrected chi connectivity index (χ3v) is 5.27. The van der Waals surface area contributed by atoms with Crippen molar-refractivity contribution in [1.82, 2.24) is 10.1 Å². The summed E-state index contributed by atoms with van der Waals surface area (Å²) in [6, 6.07) is 12.5. The van der Waals surface area contributed by atoms with E-state index in [-0.39, 0.29) is 0 Å². The van der Waals surface area contributed by atoms with Gasteiger partial charge in [0.15, 0.2) is 0 Å². The number of hydrogen-bond acceptors (Lipinski definition) is 5. The molecule has 2 aromatic carbocycles. The van der Waals surface area contributed by atoms with Crippen LogP contribution >= 0.6 is 0 Å². The summed E-state index contributed by atoms with van der Waals surface area (Å²) in [5.74, 6) is 1.37. The lowest BCUT2D eigenvalue weighted by atomic mass is 9.73. The maximum Gasteiger partial charge on any atom is 0.416 e. The molecule has 0 atom stereocenters. The summed E-state index contributed by atoms with van der Waals surface area (Å²) in [5.41, 5.74) is -0.291. The van der Waals surface area contributed by atoms with Gasteiger partial charge in [-0.25, -0.2) is 0 Å². The van der Waals surface area contributed by atoms with Crippen LogP contribution < -0.4 is 4.74 Å². The number of hydrogen-bond donors (Lipinski definition) is 0. The molecule has 8 heteroatoms. The van der Waals surface area contributed by atoms with Gasteiger partial charge in [-0.3, -0.25) is 0 Å². The zero-order chi connectivity index (χ0) is 20.5. The van der Waals surface area contributed by atoms with Crippen molar-refractivity contribution in [2.24, 2.45) is 0 Å². The molecule has 3 aromatic rings. The van der Waals surface area contributed by atoms with Crippen molar-refractivity contribution in [3.63, 3.8) is 0 Å². The van der Waals surface area contributed by atoms with Gasteiger partial charge in [0.1, 0.15) is 5.75 Å². The fourth-order valence-electron chi connectivity index (χ4n) is 3.61. The molecule has 0 N–H and O–H groups in total. The van der Waals surface area contributed by atoms with Gasteiger partial charge in [-0.2, -0.15) is 18.2 Å². The van der Waals surface area contributed by atoms with E-state index in [1.54, 1.807) is 37.4 Å². The van der Waals surface area contributed by atoms with Crippen LogP contribution in [0.4, 0.5) is 13.2 Å². The van der Waals surface area contributed by atoms with Crippen molar-refractivity contribution in [3.8, 4) is 17.1 Å². The maximum atomic E-state index is 13.3. The molecular weight excluding hydrogens is 385 g/mol. The van der Waals surface area contributed by atoms with Gasteiger partial charge in [0.25, 0.3) is 0 Å². The Morgan fingerprint density at radius 2 is 1.76 bits per heavy atom. The highest BCUT2D eigenvalue weighted by atomic mass is 19.4. The van der Waals surface area contributed by atoms with Crippen LogP contribution in [0.2, 0.25) is 0 Å². The highest BCUT2D eigenvalue weighted by Crippen LogP contribution is 2.42. The molecule has 5 nitrogen and oxygen atoms in total. The van der Waals surface area contributed by atoms with Crippen LogP contribution in [-0.2, 0) is 16.3 Å². The first-order chi connectivity index (χ1) is 13.9. The van der Waals surface area contributed by atoms with Gasteiger partial charge in [-0.15, -0.1) is 0 Å². The molecule has 1 aliphatic rings. The maximum absolute atomic E-state index is 13.3. The molecule has 2 heterocycles. The Hall–Kier alpha value is -2.87. The molecule has 1 aromatic heterocycles. The minimum absolute atomic E-state index is 0.297. The van der Waals surface area contributed by atoms with Crippen LogP contribution in [-0.4, -0.2) is 30.5 Å². The molecule has 1 aliphatic heterocycles. The van der Waals surface area contributed by atoms with Crippen LogP contribution in [0.5, 0.6) is 5.75 Å². The number of aromatic nitrogens is 2. The van der Waals surface area contributed by atoms with Crippen LogP contribution in [0.15, 0.2) is 53.1 Å². The minimum Gasteiger partial charge on any atom is -0.497 e. The molecule has 152 valence electrons. The van der Waals surface area contributed by atoms with Crippen LogP contribution in [0.25, 0.3) is 11.4 Å². The smallest absolute Gasteiger partial charge is 0.416 e. The second-order valence-corrected chi connectivity index (χ2v) is 6.92. The number of rotatable bonds is 4. The first-order valence-electron chi connectivity index (χ1n) is 9.16. The Labute approximate surface area is 165 Å². The van der Waals surface area contributed by atoms with Crippen molar-refractivity contribution < 1.29 is 27.2 Å². The van der Waals surface area contributed by atoms with E-state index >= 15 is 0 Å². The summed E-state index contributed by atoms with van der Waals surface area (Å²) in [5, 5.41) is 4.07. The molecule has 0 unspecified atom stereocenters. The van der Waals surface area contributed by atoms with Gasteiger partial charge in [0.2, 0.25) is 11.7 Å². The lowest BCUT2D eigenvalue weighted by Crippen LogP contribution is -2.35. The van der Waals surface area contributed by atoms with E-state index in [2.05, 4.69) is 10.1 Å². The van der Waals surface area contributed by atoms with Gasteiger partial charge < -0.3 is 14.0 Å². The average Bonchev–Trinajstić information content (AvgIpc) is 3.25. The first kappa shape index (κ1) is 19.4. The second kappa shape index (κ2) is 7.51. The topological polar surface area (TPSA) is 57.4 Å². The zero-order valence-electron chi connectivity index (χ0n) is 15.7. The molecule has 0 saturated carbocycles. The van der Waals surface area contributed by atoms with Crippen molar-refractivity contribution >= 4 is 0 Å². The number of halogens is 3. The average molecular weight is 404 g/mol. The molecule has 29 heavy (non-hydrogen) atoms. The predicted molar refractivity (Wildman–Crippen MR) is 98.6 cm³/mol. The first-order valence-corrected chi connectivity index (χ1v) is 9.16. The SMILES string of the molecule is COc1ccc(-c2noc(C3(c4cccc(C(F)(F)F)c4)CCOCC3)n2)cc1. The highest BCUT2D eigenvalue weighted by Gasteiger charge is 2.43. The molecule has 4 rings (SSSR count). The summed E-state index contributed by atoms with van der Waals surface area (Å²) in [4.78, 5) is 4.54. The zero-order valence-corrected chi connectivity index (χ0v) is 15.7. The standard InChI is InChI=1S/C21H19F3N2O3/c1-27-17-7-5-14(6-8-17)18-25-19(29-26-18)20(9-11-28-12-10-20)15-3-2-4-16(13-15)21(22,23)24/h2-8,13H,9-12H2,1H3. The molecule has 0 radical (unpaired) electrons. The van der Waals surface area contributed by atoms with Crippen molar-refractivity contribution in [2.45, 2.75) is 24.4 Å². The van der Waals surface area contributed by atoms with Gasteiger partial charge in [-0.05, 0) is 48.7 Å². The van der Waals surface area contributed by atoms with Crippen LogP contribution in [0.3, 0.4) is 0 Å². The normalized spacial score (nSPS) is 16.6. The molecular formula is C21H19F3N2O3. The number of nitrogens with zero attached hydrogens (tertiary/aromatic N) is 2. The number of alkyl halides is 3. The molecule has 1 saturated heterocycles. The Morgan fingerprint density at radius 1 is 1.03 bits per heavy atom. The lowest BCUT2D eigenvalue weighted by molar-refractivity contribution is -0.137. The van der Waals surface area contributed by atoms with Crippen LogP contribution in [0.1, 0.15) is 29.9 Å². The lowest BCUT2D eigenvalue weighted by Gasteiger charge is -2.34. The summed E-state index contributed by atoms with van der Waals surface area (Å²) >= 11 is 0. The van der Waals surface area contributed by atoms with Crippen LogP contribution in [0, 0.1) is 0 Å². The molecule has 0 bridgehead atoms. The molecule has 0 aliphatic carbocycles. The van der Waals surface area contributed by atoms with E-state index in [0.29, 0.717) is 49.1 Å². The Morgan fingerprint density at radius 3 is 2.41 bits per heavy atom. The second-order valence-electron chi connectivity index (χ2n) is 6.92. The third kappa shape index (κ3) is 3.72. The third-order valence-electron chi connectivity index (χ3n) is 5.27. The fraction of sp³-hybridized carbons (Fsp3) is 0.333. The summed E-state index contributed by atoms with van der Waals surface area (Å²) in [6.45, 7) is 0.799. The fourth-order valence-corrected chi connectivity index (χ4v) is 3.61. The quantitative estimate of drug-likeness (QED) is 0.622. The number of ether oxygens (including phenoxy) is 2. The Bertz CT molecular complexity index is 977. The monoisotopic (exact) mass is 404 g/mol. The minimum atomic E-state index is -4.43. The van der Waals surface area contributed by atoms with Gasteiger partial charge in [0.05, 0.1) is 18.1 Å². The van der Waals surface area contributed by atoms with E-state index in [1.165, 1.54) is 12.1 Å². The van der Waals surface area contributed by atoms with Gasteiger partial charge in [0, 0.05) is 18.8 Å². The summed E-state index contributed by atoms with van der Waals surface area (Å²) < 4.78 is 56.0. The molecule has 1 fully saturated rings. The largest absolute Gasteiger partial charge is 0.497 e.